The first-order chi connectivity index (χ1) is 7.14. The van der Waals surface area contributed by atoms with Crippen molar-refractivity contribution < 1.29 is 22.9 Å². The zero-order chi connectivity index (χ0) is 12.4. The molecule has 0 saturated heterocycles. The molecule has 2 bridgehead atoms. The highest BCUT2D eigenvalue weighted by Gasteiger charge is 2.69. The molecule has 5 nitrogen and oxygen atoms in total. The van der Waals surface area contributed by atoms with Gasteiger partial charge in [-0.2, -0.15) is 8.42 Å². The second kappa shape index (κ2) is 3.05. The van der Waals surface area contributed by atoms with Crippen LogP contribution in [0.25, 0.3) is 0 Å². The number of Topliss-reactive ketones (excluding diaryl/α,β-unsaturated/α-hetero) is 1. The Morgan fingerprint density at radius 1 is 1.44 bits per heavy atom. The molecule has 6 heteroatoms. The molecule has 0 aromatic rings. The SMILES string of the molecule is CC1(C)C2CCC1(C(O)S(=O)(=O)O)C(=O)C2. The molecule has 3 atom stereocenters. The summed E-state index contributed by atoms with van der Waals surface area (Å²) in [7, 11) is -4.60. The molecule has 0 radical (unpaired) electrons. The predicted octanol–water partition coefficient (Wildman–Crippen LogP) is 0.588. The summed E-state index contributed by atoms with van der Waals surface area (Å²) >= 11 is 0. The number of hydrogen-bond acceptors (Lipinski definition) is 4. The van der Waals surface area contributed by atoms with E-state index in [0.717, 1.165) is 6.42 Å². The largest absolute Gasteiger partial charge is 0.374 e. The minimum Gasteiger partial charge on any atom is -0.374 e. The number of ketones is 1. The lowest BCUT2D eigenvalue weighted by molar-refractivity contribution is -0.134. The lowest BCUT2D eigenvalue weighted by Crippen LogP contribution is -2.49. The summed E-state index contributed by atoms with van der Waals surface area (Å²) in [6.45, 7) is 3.59. The van der Waals surface area contributed by atoms with E-state index in [4.69, 9.17) is 4.55 Å². The molecular formula is C10H16O5S. The Morgan fingerprint density at radius 2 is 2.00 bits per heavy atom. The van der Waals surface area contributed by atoms with E-state index >= 15 is 0 Å². The first kappa shape index (κ1) is 12.0. The van der Waals surface area contributed by atoms with Gasteiger partial charge >= 0.3 is 0 Å². The molecule has 2 fully saturated rings. The van der Waals surface area contributed by atoms with Crippen LogP contribution in [0.5, 0.6) is 0 Å². The van der Waals surface area contributed by atoms with Crippen molar-refractivity contribution in [2.75, 3.05) is 0 Å². The van der Waals surface area contributed by atoms with Crippen molar-refractivity contribution in [2.45, 2.75) is 38.5 Å². The molecule has 2 rings (SSSR count). The van der Waals surface area contributed by atoms with Crippen LogP contribution in [-0.2, 0) is 14.9 Å². The van der Waals surface area contributed by atoms with Gasteiger partial charge in [0.2, 0.25) is 0 Å². The minimum atomic E-state index is -4.60. The maximum absolute atomic E-state index is 11.9. The third-order valence-corrected chi connectivity index (χ3v) is 5.66. The van der Waals surface area contributed by atoms with Gasteiger partial charge in [0.05, 0.1) is 5.41 Å². The summed E-state index contributed by atoms with van der Waals surface area (Å²) in [5.41, 5.74) is -3.88. The molecule has 0 aliphatic heterocycles. The molecular weight excluding hydrogens is 232 g/mol. The number of carbonyl (C=O) groups is 1. The Hall–Kier alpha value is -0.460. The number of carbonyl (C=O) groups excluding carboxylic acids is 1. The van der Waals surface area contributed by atoms with Crippen molar-refractivity contribution >= 4 is 15.9 Å². The van der Waals surface area contributed by atoms with E-state index in [1.54, 1.807) is 13.8 Å². The standard InChI is InChI=1S/C10H16O5S/c1-9(2)6-3-4-10(9,7(11)5-6)8(12)16(13,14)15/h6,8,12H,3-5H2,1-2H3,(H,13,14,15). The number of hydrogen-bond donors (Lipinski definition) is 2. The van der Waals surface area contributed by atoms with E-state index in [2.05, 4.69) is 0 Å². The summed E-state index contributed by atoms with van der Waals surface area (Å²) in [6, 6.07) is 0. The molecule has 2 aliphatic rings. The molecule has 0 spiro atoms. The van der Waals surface area contributed by atoms with Crippen LogP contribution >= 0.6 is 0 Å². The summed E-state index contributed by atoms with van der Waals surface area (Å²) in [5, 5.41) is 9.81. The number of fused-ring (bicyclic) bond motifs is 2. The van der Waals surface area contributed by atoms with Gasteiger partial charge in [-0.15, -0.1) is 0 Å². The van der Waals surface area contributed by atoms with Gasteiger partial charge in [0.25, 0.3) is 10.1 Å². The van der Waals surface area contributed by atoms with E-state index in [1.807, 2.05) is 0 Å². The van der Waals surface area contributed by atoms with Crippen molar-refractivity contribution in [3.63, 3.8) is 0 Å². The van der Waals surface area contributed by atoms with Crippen molar-refractivity contribution in [3.8, 4) is 0 Å². The molecule has 0 amide bonds. The van der Waals surface area contributed by atoms with Gasteiger partial charge in [-0.3, -0.25) is 9.35 Å². The molecule has 0 aromatic carbocycles. The van der Waals surface area contributed by atoms with Crippen LogP contribution in [0.1, 0.15) is 33.1 Å². The lowest BCUT2D eigenvalue weighted by Gasteiger charge is -2.38. The highest BCUT2D eigenvalue weighted by atomic mass is 32.2. The van der Waals surface area contributed by atoms with E-state index in [-0.39, 0.29) is 11.7 Å². The van der Waals surface area contributed by atoms with Gasteiger partial charge < -0.3 is 5.11 Å². The van der Waals surface area contributed by atoms with Gasteiger partial charge in [0, 0.05) is 6.42 Å². The summed E-state index contributed by atoms with van der Waals surface area (Å²) < 4.78 is 31.2. The number of aliphatic hydroxyl groups excluding tert-OH is 1. The summed E-state index contributed by atoms with van der Waals surface area (Å²) in [4.78, 5) is 11.9. The van der Waals surface area contributed by atoms with Crippen LogP contribution in [0.2, 0.25) is 0 Å². The molecule has 0 heterocycles. The van der Waals surface area contributed by atoms with Crippen LogP contribution in [0.15, 0.2) is 0 Å². The van der Waals surface area contributed by atoms with E-state index in [9.17, 15) is 18.3 Å². The zero-order valence-electron chi connectivity index (χ0n) is 9.30. The molecule has 16 heavy (non-hydrogen) atoms. The van der Waals surface area contributed by atoms with Crippen LogP contribution in [0.3, 0.4) is 0 Å². The van der Waals surface area contributed by atoms with Crippen LogP contribution in [0.4, 0.5) is 0 Å². The Labute approximate surface area is 94.6 Å². The molecule has 2 aliphatic carbocycles. The quantitative estimate of drug-likeness (QED) is 0.698. The van der Waals surface area contributed by atoms with Gasteiger partial charge in [-0.1, -0.05) is 13.8 Å². The Kier molecular flexibility index (Phi) is 2.29. The van der Waals surface area contributed by atoms with Crippen LogP contribution in [0, 0.1) is 16.7 Å². The third kappa shape index (κ3) is 1.18. The van der Waals surface area contributed by atoms with Gasteiger partial charge in [-0.05, 0) is 24.2 Å². The van der Waals surface area contributed by atoms with Crippen molar-refractivity contribution in [1.29, 1.82) is 0 Å². The molecule has 3 unspecified atom stereocenters. The maximum Gasteiger partial charge on any atom is 0.293 e. The van der Waals surface area contributed by atoms with E-state index in [0.29, 0.717) is 12.8 Å². The van der Waals surface area contributed by atoms with Crippen LogP contribution in [-0.4, -0.2) is 29.3 Å². The second-order valence-corrected chi connectivity index (χ2v) is 6.90. The zero-order valence-corrected chi connectivity index (χ0v) is 10.1. The smallest absolute Gasteiger partial charge is 0.293 e. The highest BCUT2D eigenvalue weighted by molar-refractivity contribution is 7.86. The molecule has 2 N–H and O–H groups in total. The first-order valence-corrected chi connectivity index (χ1v) is 6.82. The fourth-order valence-corrected chi connectivity index (χ4v) is 4.61. The Bertz CT molecular complexity index is 438. The summed E-state index contributed by atoms with van der Waals surface area (Å²) in [6.07, 6.45) is 1.37. The predicted molar refractivity (Wildman–Crippen MR) is 56.1 cm³/mol. The lowest BCUT2D eigenvalue weighted by atomic mass is 9.69. The van der Waals surface area contributed by atoms with Gasteiger partial charge in [-0.25, -0.2) is 0 Å². The normalized spacial score (nSPS) is 39.0. The Balaban J connectivity index is 2.56. The molecule has 2 saturated carbocycles. The first-order valence-electron chi connectivity index (χ1n) is 5.31. The van der Waals surface area contributed by atoms with Gasteiger partial charge in [0.15, 0.2) is 5.44 Å². The average molecular weight is 248 g/mol. The second-order valence-electron chi connectivity index (χ2n) is 5.42. The molecule has 0 aromatic heterocycles. The Morgan fingerprint density at radius 3 is 2.31 bits per heavy atom. The summed E-state index contributed by atoms with van der Waals surface area (Å²) in [5.74, 6) is -0.129. The maximum atomic E-state index is 11.9. The minimum absolute atomic E-state index is 0.108. The highest BCUT2D eigenvalue weighted by Crippen LogP contribution is 2.65. The topological polar surface area (TPSA) is 91.7 Å². The fraction of sp³-hybridized carbons (Fsp3) is 0.900. The molecule has 92 valence electrons. The van der Waals surface area contributed by atoms with Crippen molar-refractivity contribution in [2.24, 2.45) is 16.7 Å². The van der Waals surface area contributed by atoms with Crippen LogP contribution < -0.4 is 0 Å². The van der Waals surface area contributed by atoms with E-state index < -0.39 is 26.4 Å². The fourth-order valence-electron chi connectivity index (χ4n) is 3.54. The van der Waals surface area contributed by atoms with Gasteiger partial charge in [0.1, 0.15) is 5.78 Å². The van der Waals surface area contributed by atoms with Crippen molar-refractivity contribution in [1.82, 2.24) is 0 Å². The average Bonchev–Trinajstić information content (AvgIpc) is 2.48. The van der Waals surface area contributed by atoms with E-state index in [1.165, 1.54) is 0 Å². The number of rotatable bonds is 2. The van der Waals surface area contributed by atoms with Crippen molar-refractivity contribution in [3.05, 3.63) is 0 Å². The number of aliphatic hydroxyl groups is 1. The monoisotopic (exact) mass is 248 g/mol. The third-order valence-electron chi connectivity index (χ3n) is 4.69.